The largest absolute Gasteiger partial charge is 0.478 e. The van der Waals surface area contributed by atoms with Crippen LogP contribution in [0.1, 0.15) is 42.1 Å². The van der Waals surface area contributed by atoms with Crippen LogP contribution in [0.5, 0.6) is 0 Å². The number of nitrogens with zero attached hydrogens (tertiary/aromatic N) is 2. The van der Waals surface area contributed by atoms with Crippen LogP contribution in [0.2, 0.25) is 0 Å². The summed E-state index contributed by atoms with van der Waals surface area (Å²) < 4.78 is 5.80. The average Bonchev–Trinajstić information content (AvgIpc) is 2.44. The van der Waals surface area contributed by atoms with E-state index in [0.29, 0.717) is 11.4 Å². The lowest BCUT2D eigenvalue weighted by Gasteiger charge is -2.34. The summed E-state index contributed by atoms with van der Waals surface area (Å²) in [4.78, 5) is 17.8. The second-order valence-electron chi connectivity index (χ2n) is 5.21. The van der Waals surface area contributed by atoms with Crippen molar-refractivity contribution in [1.29, 1.82) is 0 Å². The van der Waals surface area contributed by atoms with Crippen LogP contribution >= 0.6 is 0 Å². The van der Waals surface area contributed by atoms with Crippen molar-refractivity contribution in [3.05, 3.63) is 23.4 Å². The summed E-state index contributed by atoms with van der Waals surface area (Å²) in [5.74, 6) is -0.343. The number of aromatic nitrogens is 1. The number of carboxylic acid groups (broad SMARTS) is 1. The Labute approximate surface area is 119 Å². The van der Waals surface area contributed by atoms with Gasteiger partial charge in [-0.1, -0.05) is 6.92 Å². The molecular weight excluding hydrogens is 256 g/mol. The number of aromatic carboxylic acids is 1. The first-order valence-corrected chi connectivity index (χ1v) is 7.19. The van der Waals surface area contributed by atoms with Crippen LogP contribution in [0.3, 0.4) is 0 Å². The maximum absolute atomic E-state index is 11.4. The highest BCUT2D eigenvalue weighted by Gasteiger charge is 2.25. The quantitative estimate of drug-likeness (QED) is 0.896. The summed E-state index contributed by atoms with van der Waals surface area (Å²) in [7, 11) is 0. The lowest BCUT2D eigenvalue weighted by Crippen LogP contribution is -2.41. The van der Waals surface area contributed by atoms with E-state index in [1.807, 2.05) is 11.8 Å². The summed E-state index contributed by atoms with van der Waals surface area (Å²) in [5.41, 5.74) is 1.06. The summed E-state index contributed by atoms with van der Waals surface area (Å²) in [6.07, 6.45) is 4.88. The van der Waals surface area contributed by atoms with Gasteiger partial charge in [0.2, 0.25) is 0 Å². The zero-order chi connectivity index (χ0) is 14.5. The molecule has 1 atom stereocenters. The van der Waals surface area contributed by atoms with Crippen molar-refractivity contribution in [3.63, 3.8) is 0 Å². The fourth-order valence-electron chi connectivity index (χ4n) is 2.60. The molecule has 0 aromatic carbocycles. The van der Waals surface area contributed by atoms with Gasteiger partial charge in [0.1, 0.15) is 11.4 Å². The Morgan fingerprint density at radius 1 is 1.60 bits per heavy atom. The zero-order valence-corrected chi connectivity index (χ0v) is 12.1. The Kier molecular flexibility index (Phi) is 4.95. The Hall–Kier alpha value is -1.62. The van der Waals surface area contributed by atoms with E-state index in [1.165, 1.54) is 0 Å². The van der Waals surface area contributed by atoms with Crippen molar-refractivity contribution in [2.75, 3.05) is 24.6 Å². The molecule has 0 radical (unpaired) electrons. The van der Waals surface area contributed by atoms with Crippen molar-refractivity contribution < 1.29 is 14.6 Å². The molecular formula is C15H22N2O3. The minimum Gasteiger partial charge on any atom is -0.478 e. The molecule has 2 heterocycles. The molecule has 0 spiro atoms. The molecule has 5 nitrogen and oxygen atoms in total. The number of hydrogen-bond donors (Lipinski definition) is 1. The van der Waals surface area contributed by atoms with E-state index in [0.717, 1.165) is 44.5 Å². The van der Waals surface area contributed by atoms with Crippen LogP contribution in [0.4, 0.5) is 5.82 Å². The molecule has 0 bridgehead atoms. The third-order valence-electron chi connectivity index (χ3n) is 3.59. The van der Waals surface area contributed by atoms with E-state index in [-0.39, 0.29) is 6.10 Å². The minimum absolute atomic E-state index is 0.174. The Bertz CT molecular complexity index is 476. The van der Waals surface area contributed by atoms with Gasteiger partial charge in [0.25, 0.3) is 0 Å². The van der Waals surface area contributed by atoms with Gasteiger partial charge in [0.15, 0.2) is 0 Å². The fraction of sp³-hybridized carbons (Fsp3) is 0.600. The van der Waals surface area contributed by atoms with Crippen molar-refractivity contribution in [2.45, 2.75) is 39.2 Å². The maximum Gasteiger partial charge on any atom is 0.339 e. The molecule has 20 heavy (non-hydrogen) atoms. The van der Waals surface area contributed by atoms with Crippen LogP contribution in [0, 0.1) is 6.92 Å². The Morgan fingerprint density at radius 2 is 2.40 bits per heavy atom. The van der Waals surface area contributed by atoms with Crippen molar-refractivity contribution >= 4 is 11.8 Å². The minimum atomic E-state index is -0.915. The summed E-state index contributed by atoms with van der Waals surface area (Å²) in [6, 6.07) is 1.74. The Balaban J connectivity index is 2.18. The lowest BCUT2D eigenvalue weighted by atomic mass is 10.1. The van der Waals surface area contributed by atoms with Crippen molar-refractivity contribution in [3.8, 4) is 0 Å². The maximum atomic E-state index is 11.4. The number of carbonyl (C=O) groups is 1. The normalized spacial score (nSPS) is 19.1. The number of hydrogen-bond acceptors (Lipinski definition) is 4. The van der Waals surface area contributed by atoms with Crippen LogP contribution in [-0.4, -0.2) is 41.9 Å². The summed E-state index contributed by atoms with van der Waals surface area (Å²) >= 11 is 0. The molecule has 1 aliphatic heterocycles. The molecule has 0 aliphatic carbocycles. The molecule has 1 aromatic heterocycles. The van der Waals surface area contributed by atoms with Crippen LogP contribution in [-0.2, 0) is 4.74 Å². The predicted octanol–water partition coefficient (Wildman–Crippen LogP) is 2.48. The highest BCUT2D eigenvalue weighted by atomic mass is 16.5. The van der Waals surface area contributed by atoms with Crippen LogP contribution < -0.4 is 4.90 Å². The molecule has 0 amide bonds. The first-order chi connectivity index (χ1) is 9.63. The summed E-state index contributed by atoms with van der Waals surface area (Å²) in [6.45, 7) is 6.21. The number of ether oxygens (including phenoxy) is 1. The second kappa shape index (κ2) is 6.70. The van der Waals surface area contributed by atoms with Gasteiger partial charge in [-0.15, -0.1) is 0 Å². The third-order valence-corrected chi connectivity index (χ3v) is 3.59. The molecule has 2 rings (SSSR count). The average molecular weight is 278 g/mol. The molecule has 0 saturated carbocycles. The molecule has 1 fully saturated rings. The molecule has 1 saturated heterocycles. The first kappa shape index (κ1) is 14.8. The number of pyridine rings is 1. The number of rotatable bonds is 5. The molecule has 1 N–H and O–H groups in total. The van der Waals surface area contributed by atoms with Gasteiger partial charge >= 0.3 is 5.97 Å². The van der Waals surface area contributed by atoms with E-state index < -0.39 is 5.97 Å². The Morgan fingerprint density at radius 3 is 3.10 bits per heavy atom. The zero-order valence-electron chi connectivity index (χ0n) is 12.1. The van der Waals surface area contributed by atoms with E-state index in [1.54, 1.807) is 12.3 Å². The lowest BCUT2D eigenvalue weighted by molar-refractivity contribution is 0.0437. The molecule has 110 valence electrons. The number of carboxylic acids is 1. The third kappa shape index (κ3) is 3.28. The van der Waals surface area contributed by atoms with Gasteiger partial charge < -0.3 is 14.7 Å². The number of aryl methyl sites for hydroxylation is 1. The monoisotopic (exact) mass is 278 g/mol. The van der Waals surface area contributed by atoms with E-state index in [2.05, 4.69) is 11.9 Å². The summed E-state index contributed by atoms with van der Waals surface area (Å²) in [5, 5.41) is 9.39. The van der Waals surface area contributed by atoms with Gasteiger partial charge in [-0.3, -0.25) is 0 Å². The van der Waals surface area contributed by atoms with Gasteiger partial charge in [-0.2, -0.15) is 0 Å². The number of anilines is 1. The van der Waals surface area contributed by atoms with Crippen LogP contribution in [0.25, 0.3) is 0 Å². The van der Waals surface area contributed by atoms with E-state index >= 15 is 0 Å². The van der Waals surface area contributed by atoms with Crippen molar-refractivity contribution in [2.24, 2.45) is 0 Å². The van der Waals surface area contributed by atoms with Gasteiger partial charge in [0.05, 0.1) is 6.10 Å². The van der Waals surface area contributed by atoms with E-state index in [4.69, 9.17) is 4.74 Å². The fourth-order valence-corrected chi connectivity index (χ4v) is 2.60. The highest BCUT2D eigenvalue weighted by Crippen LogP contribution is 2.25. The van der Waals surface area contributed by atoms with Gasteiger partial charge in [-0.25, -0.2) is 9.78 Å². The highest BCUT2D eigenvalue weighted by molar-refractivity contribution is 5.95. The molecule has 1 unspecified atom stereocenters. The smallest absolute Gasteiger partial charge is 0.339 e. The van der Waals surface area contributed by atoms with Gasteiger partial charge in [-0.05, 0) is 37.8 Å². The standard InChI is InChI=1S/C15H22N2O3/c1-3-9-20-12-5-4-8-17(10-12)14-13(15(18)19)11(2)6-7-16-14/h6-7,12H,3-5,8-10H2,1-2H3,(H,18,19). The topological polar surface area (TPSA) is 62.7 Å². The second-order valence-corrected chi connectivity index (χ2v) is 5.21. The predicted molar refractivity (Wildman–Crippen MR) is 77.4 cm³/mol. The first-order valence-electron chi connectivity index (χ1n) is 7.19. The van der Waals surface area contributed by atoms with Crippen LogP contribution in [0.15, 0.2) is 12.3 Å². The number of piperidine rings is 1. The molecule has 1 aliphatic rings. The van der Waals surface area contributed by atoms with Gasteiger partial charge in [0, 0.05) is 25.9 Å². The molecule has 5 heteroatoms. The molecule has 1 aromatic rings. The van der Waals surface area contributed by atoms with Crippen molar-refractivity contribution in [1.82, 2.24) is 4.98 Å². The van der Waals surface area contributed by atoms with E-state index in [9.17, 15) is 9.90 Å². The SMILES string of the molecule is CCCOC1CCCN(c2nccc(C)c2C(=O)O)C1.